The molecule has 0 spiro atoms. The number of benzene rings is 1. The third-order valence-corrected chi connectivity index (χ3v) is 8.95. The number of carbonyl (C=O) groups is 7. The molecule has 0 saturated carbocycles. The molecule has 16 heteroatoms. The van der Waals surface area contributed by atoms with Crippen molar-refractivity contribution in [2.24, 2.45) is 17.8 Å². The second-order valence-electron chi connectivity index (χ2n) is 14.2. The second kappa shape index (κ2) is 20.8. The van der Waals surface area contributed by atoms with Gasteiger partial charge in [0.2, 0.25) is 29.5 Å². The highest BCUT2D eigenvalue weighted by Crippen LogP contribution is 2.14. The van der Waals surface area contributed by atoms with Crippen molar-refractivity contribution in [3.63, 3.8) is 0 Å². The molecule has 1 aliphatic rings. The Labute approximate surface area is 305 Å². The molecule has 0 bridgehead atoms. The fourth-order valence-electron chi connectivity index (χ4n) is 5.61. The fourth-order valence-corrected chi connectivity index (χ4v) is 5.61. The SMILES string of the molecule is CC[C@H](C)[C@H](NC(=O)NC1CCCCNC(=O)C(CC(C)C)NC(=O)[C@H](C)NC(=O)[C@H](Cc2ccc(O)cc2)NC(=O)C(C(C)C)NC1=O)C(=O)O. The van der Waals surface area contributed by atoms with E-state index >= 15 is 0 Å². The van der Waals surface area contributed by atoms with Gasteiger partial charge in [0.05, 0.1) is 0 Å². The van der Waals surface area contributed by atoms with Gasteiger partial charge in [-0.05, 0) is 68.1 Å². The molecular formula is C36H57N7O9. The predicted molar refractivity (Wildman–Crippen MR) is 193 cm³/mol. The summed E-state index contributed by atoms with van der Waals surface area (Å²) in [6.45, 7) is 12.3. The number of aromatic hydroxyl groups is 1. The largest absolute Gasteiger partial charge is 0.508 e. The van der Waals surface area contributed by atoms with Gasteiger partial charge in [-0.25, -0.2) is 9.59 Å². The van der Waals surface area contributed by atoms with E-state index in [2.05, 4.69) is 37.2 Å². The van der Waals surface area contributed by atoms with Crippen molar-refractivity contribution in [1.82, 2.24) is 37.2 Å². The first kappa shape index (κ1) is 43.3. The number of hydrogen-bond acceptors (Lipinski definition) is 8. The van der Waals surface area contributed by atoms with Crippen LogP contribution in [0, 0.1) is 17.8 Å². The lowest BCUT2D eigenvalue weighted by Crippen LogP contribution is -2.60. The Hall–Kier alpha value is -4.89. The molecular weight excluding hydrogens is 674 g/mol. The van der Waals surface area contributed by atoms with E-state index < -0.39 is 89.6 Å². The number of amides is 7. The van der Waals surface area contributed by atoms with Crippen LogP contribution in [0.1, 0.15) is 86.1 Å². The van der Waals surface area contributed by atoms with Gasteiger partial charge in [0.1, 0.15) is 42.0 Å². The van der Waals surface area contributed by atoms with Crippen molar-refractivity contribution in [3.05, 3.63) is 29.8 Å². The molecule has 1 aromatic rings. The number of urea groups is 1. The van der Waals surface area contributed by atoms with E-state index in [4.69, 9.17) is 0 Å². The van der Waals surface area contributed by atoms with Gasteiger partial charge in [-0.3, -0.25) is 24.0 Å². The molecule has 1 fully saturated rings. The Kier molecular flexibility index (Phi) is 17.3. The molecule has 1 aromatic carbocycles. The summed E-state index contributed by atoms with van der Waals surface area (Å²) in [6, 6.07) is -1.65. The predicted octanol–water partition coefficient (Wildman–Crippen LogP) is 1.06. The molecule has 7 atom stereocenters. The summed E-state index contributed by atoms with van der Waals surface area (Å²) in [5, 5.41) is 37.9. The van der Waals surface area contributed by atoms with Crippen molar-refractivity contribution in [3.8, 4) is 5.75 Å². The molecule has 9 N–H and O–H groups in total. The van der Waals surface area contributed by atoms with Gasteiger partial charge in [0.15, 0.2) is 0 Å². The molecule has 0 aromatic heterocycles. The Balaban J connectivity index is 2.47. The molecule has 290 valence electrons. The van der Waals surface area contributed by atoms with Crippen LogP contribution in [-0.2, 0) is 35.2 Å². The molecule has 0 radical (unpaired) electrons. The highest BCUT2D eigenvalue weighted by molar-refractivity contribution is 5.96. The highest BCUT2D eigenvalue weighted by atomic mass is 16.4. The maximum Gasteiger partial charge on any atom is 0.326 e. The Bertz CT molecular complexity index is 1400. The standard InChI is InChI=1S/C36H57N7O9/c1-8-21(6)29(35(50)51)43-36(52)41-25-11-9-10-16-37-31(46)26(17-19(2)3)39-30(45)22(7)38-33(48)27(18-23-12-14-24(44)15-13-23)40-34(49)28(20(4)5)42-32(25)47/h12-15,19-22,25-29,44H,8-11,16-18H2,1-7H3,(H,37,46)(H,38,48)(H,39,45)(H,40,49)(H,42,47)(H,50,51)(H2,41,43,52)/t21-,22-,25?,26?,27-,28?,29-/m0/s1. The number of aliphatic carboxylic acids is 1. The van der Waals surface area contributed by atoms with Crippen molar-refractivity contribution >= 4 is 41.5 Å². The van der Waals surface area contributed by atoms with Crippen LogP contribution in [0.4, 0.5) is 4.79 Å². The first-order valence-electron chi connectivity index (χ1n) is 18.0. The van der Waals surface area contributed by atoms with E-state index in [1.54, 1.807) is 39.8 Å². The Morgan fingerprint density at radius 1 is 0.827 bits per heavy atom. The maximum atomic E-state index is 13.8. The van der Waals surface area contributed by atoms with E-state index in [0.29, 0.717) is 31.2 Å². The Morgan fingerprint density at radius 2 is 1.46 bits per heavy atom. The minimum Gasteiger partial charge on any atom is -0.508 e. The van der Waals surface area contributed by atoms with Crippen LogP contribution in [0.2, 0.25) is 0 Å². The molecule has 1 aliphatic heterocycles. The molecule has 2 rings (SSSR count). The summed E-state index contributed by atoms with van der Waals surface area (Å²) in [5.74, 6) is -5.20. The molecule has 3 unspecified atom stereocenters. The number of rotatable bonds is 10. The maximum absolute atomic E-state index is 13.8. The number of phenols is 1. The van der Waals surface area contributed by atoms with Crippen molar-refractivity contribution in [2.75, 3.05) is 6.54 Å². The monoisotopic (exact) mass is 731 g/mol. The number of carbonyl (C=O) groups excluding carboxylic acids is 6. The van der Waals surface area contributed by atoms with Gasteiger partial charge in [0, 0.05) is 13.0 Å². The van der Waals surface area contributed by atoms with Crippen LogP contribution in [0.5, 0.6) is 5.75 Å². The lowest BCUT2D eigenvalue weighted by molar-refractivity contribution is -0.140. The fraction of sp³-hybridized carbons (Fsp3) is 0.639. The molecule has 0 aliphatic carbocycles. The van der Waals surface area contributed by atoms with E-state index in [-0.39, 0.29) is 31.1 Å². The van der Waals surface area contributed by atoms with Gasteiger partial charge in [-0.1, -0.05) is 60.1 Å². The summed E-state index contributed by atoms with van der Waals surface area (Å²) in [4.78, 5) is 92.4. The molecule has 52 heavy (non-hydrogen) atoms. The number of carboxylic acid groups (broad SMARTS) is 1. The van der Waals surface area contributed by atoms with Crippen LogP contribution in [0.25, 0.3) is 0 Å². The number of carboxylic acids is 1. The zero-order chi connectivity index (χ0) is 39.1. The van der Waals surface area contributed by atoms with E-state index in [1.807, 2.05) is 13.8 Å². The summed E-state index contributed by atoms with van der Waals surface area (Å²) < 4.78 is 0. The quantitative estimate of drug-likeness (QED) is 0.167. The highest BCUT2D eigenvalue weighted by Gasteiger charge is 2.34. The minimum absolute atomic E-state index is 0.000753. The second-order valence-corrected chi connectivity index (χ2v) is 14.2. The molecule has 16 nitrogen and oxygen atoms in total. The zero-order valence-corrected chi connectivity index (χ0v) is 31.2. The average Bonchev–Trinajstić information content (AvgIpc) is 3.07. The minimum atomic E-state index is -1.23. The van der Waals surface area contributed by atoms with Gasteiger partial charge >= 0.3 is 12.0 Å². The van der Waals surface area contributed by atoms with Crippen molar-refractivity contribution < 1.29 is 43.8 Å². The Morgan fingerprint density at radius 3 is 2.04 bits per heavy atom. The number of phenolic OH excluding ortho intramolecular Hbond substituents is 1. The lowest BCUT2D eigenvalue weighted by Gasteiger charge is -2.28. The summed E-state index contributed by atoms with van der Waals surface area (Å²) in [7, 11) is 0. The van der Waals surface area contributed by atoms with E-state index in [0.717, 1.165) is 0 Å². The molecule has 1 heterocycles. The summed E-state index contributed by atoms with van der Waals surface area (Å²) >= 11 is 0. The van der Waals surface area contributed by atoms with Crippen LogP contribution >= 0.6 is 0 Å². The van der Waals surface area contributed by atoms with Gasteiger partial charge in [0.25, 0.3) is 0 Å². The van der Waals surface area contributed by atoms with Gasteiger partial charge in [-0.2, -0.15) is 0 Å². The van der Waals surface area contributed by atoms with Gasteiger partial charge < -0.3 is 47.4 Å². The smallest absolute Gasteiger partial charge is 0.326 e. The number of nitrogens with one attached hydrogen (secondary N) is 7. The third-order valence-electron chi connectivity index (χ3n) is 8.95. The van der Waals surface area contributed by atoms with E-state index in [1.165, 1.54) is 19.1 Å². The normalized spacial score (nSPS) is 24.1. The summed E-state index contributed by atoms with van der Waals surface area (Å²) in [6.07, 6.45) is 1.59. The lowest BCUT2D eigenvalue weighted by atomic mass is 9.99. The van der Waals surface area contributed by atoms with Crippen LogP contribution < -0.4 is 37.2 Å². The van der Waals surface area contributed by atoms with Crippen LogP contribution in [0.3, 0.4) is 0 Å². The first-order valence-corrected chi connectivity index (χ1v) is 18.0. The topological polar surface area (TPSA) is 244 Å². The molecule has 7 amide bonds. The van der Waals surface area contributed by atoms with Crippen LogP contribution in [0.15, 0.2) is 24.3 Å². The third kappa shape index (κ3) is 14.0. The van der Waals surface area contributed by atoms with Crippen molar-refractivity contribution in [2.45, 2.75) is 123 Å². The van der Waals surface area contributed by atoms with Gasteiger partial charge in [-0.15, -0.1) is 0 Å². The first-order chi connectivity index (χ1) is 24.4. The summed E-state index contributed by atoms with van der Waals surface area (Å²) in [5.41, 5.74) is 0.583. The zero-order valence-electron chi connectivity index (χ0n) is 31.2. The van der Waals surface area contributed by atoms with Crippen molar-refractivity contribution in [1.29, 1.82) is 0 Å². The van der Waals surface area contributed by atoms with E-state index in [9.17, 15) is 43.8 Å². The number of hydrogen-bond donors (Lipinski definition) is 9. The van der Waals surface area contributed by atoms with Crippen LogP contribution in [-0.4, -0.2) is 94.5 Å². The average molecular weight is 732 g/mol. The molecule has 1 saturated heterocycles.